The molecule has 30 atom stereocenters. The standard InChI is InChI=1S/C78H132O20/c1-45-23-29-57(79)37-60-20-18-22-62(96-60)42-72(92-16)52(8)68(82)44-70(84)54(10)78(55(11)75(87)47(3)27-31-63-39-65(89-13)35-49(5)93-63)98-74(86)34-26-46(2)24-30-58(80)38-59-19-17-21-61(95-59)41-71(91-15)51(7)67(81)43-69(83)53(9)76(88)56(12)77(97-73(85)33-25-45)48(4)28-32-64-40-66(90-14)36-50(6)94-64/h17-20,23-26,33-34,47-72,75-84,87-88H,21-22,27-32,35-44H2,1-16H3/b33-25+,34-26+,45-23+,46-24+/t47-,48+,49-,50-,51-,52+,53+,54-,55-,56+,57-,58-,59-,60-,61-,62+,63-,64-,65+,66-,67-,68+,69-,70+,71-,72-,75-,76+,77-,78-/m0/s1. The largest absolute Gasteiger partial charge is 0.459 e. The molecule has 0 amide bonds. The van der Waals surface area contributed by atoms with Crippen molar-refractivity contribution in [3.8, 4) is 0 Å². The highest BCUT2D eigenvalue weighted by molar-refractivity contribution is 5.83. The molecule has 5 aliphatic heterocycles. The SMILES string of the molecule is CO[C@@H]1C[C@H](CC[C@@H](C)[C@@H]2OC(=O)/C=C/C(C)=C/C[C@H](O)C[C@@H]3C=CC[C@H](C[C@H](OC)[C@H](C)[C@H](O)C[C@@H](O)[C@H](C)[C@@H]([C@@H](C)[C@@H](O)[C@@H](C)CC[C@H]4C[C@H](OC)C[C@H](C)O4)OC(=O)/C=C/C(C)=C/C[C@H](O)C[C@@H]4C=CC[C@@H](C[C@H](OC)[C@@H](C)[C@@H](O)C[C@H](O)[C@@H](C)[C@@H](O)[C@H]2C)O4)O3)O[C@@H](C)C1. The molecule has 4 bridgehead atoms. The number of fused-ring (bicyclic) bond motifs is 4. The van der Waals surface area contributed by atoms with Gasteiger partial charge in [0.15, 0.2) is 0 Å². The van der Waals surface area contributed by atoms with E-state index in [1.54, 1.807) is 54.4 Å². The Hall–Kier alpha value is -3.26. The van der Waals surface area contributed by atoms with Gasteiger partial charge < -0.3 is 88.2 Å². The zero-order chi connectivity index (χ0) is 72.5. The van der Waals surface area contributed by atoms with Crippen LogP contribution in [0.5, 0.6) is 0 Å². The Kier molecular flexibility index (Phi) is 37.6. The van der Waals surface area contributed by atoms with Crippen LogP contribution in [0.1, 0.15) is 199 Å². The average Bonchev–Trinajstić information content (AvgIpc) is 0.851. The fraction of sp³-hybridized carbons (Fsp3) is 0.821. The maximum atomic E-state index is 13.9. The second kappa shape index (κ2) is 43.1. The summed E-state index contributed by atoms with van der Waals surface area (Å²) in [5.74, 6) is -5.42. The quantitative estimate of drug-likeness (QED) is 0.0593. The minimum absolute atomic E-state index is 0.0282. The lowest BCUT2D eigenvalue weighted by molar-refractivity contribution is -0.158. The van der Waals surface area contributed by atoms with E-state index in [9.17, 15) is 50.4 Å². The number of rotatable bonds is 14. The second-order valence-electron chi connectivity index (χ2n) is 30.3. The molecule has 20 heteroatoms. The molecule has 5 heterocycles. The highest BCUT2D eigenvalue weighted by atomic mass is 16.6. The summed E-state index contributed by atoms with van der Waals surface area (Å²) >= 11 is 0. The first kappa shape index (κ1) is 85.4. The highest BCUT2D eigenvalue weighted by Crippen LogP contribution is 2.37. The van der Waals surface area contributed by atoms with Gasteiger partial charge in [0.2, 0.25) is 0 Å². The number of methoxy groups -OCH3 is 4. The minimum atomic E-state index is -1.17. The fourth-order valence-electron chi connectivity index (χ4n) is 15.4. The van der Waals surface area contributed by atoms with Crippen molar-refractivity contribution in [2.24, 2.45) is 47.3 Å². The van der Waals surface area contributed by atoms with E-state index in [-0.39, 0.29) is 92.8 Å². The predicted octanol–water partition coefficient (Wildman–Crippen LogP) is 10.1. The van der Waals surface area contributed by atoms with Crippen molar-refractivity contribution >= 4 is 11.9 Å². The third-order valence-electron chi connectivity index (χ3n) is 22.3. The molecule has 20 nitrogen and oxygen atoms in total. The highest BCUT2D eigenvalue weighted by Gasteiger charge is 2.42. The van der Waals surface area contributed by atoms with Crippen LogP contribution in [0.3, 0.4) is 0 Å². The lowest BCUT2D eigenvalue weighted by Crippen LogP contribution is -2.45. The molecule has 0 aromatic heterocycles. The third kappa shape index (κ3) is 28.1. The molecule has 5 aliphatic rings. The van der Waals surface area contributed by atoms with Crippen LogP contribution >= 0.6 is 0 Å². The fourth-order valence-corrected chi connectivity index (χ4v) is 15.4. The lowest BCUT2D eigenvalue weighted by atomic mass is 9.78. The van der Waals surface area contributed by atoms with Gasteiger partial charge in [-0.2, -0.15) is 0 Å². The number of aliphatic hydroxyl groups is 8. The Labute approximate surface area is 587 Å². The van der Waals surface area contributed by atoms with Crippen molar-refractivity contribution in [1.29, 1.82) is 0 Å². The number of carbonyl (C=O) groups is 2. The van der Waals surface area contributed by atoms with Gasteiger partial charge in [-0.3, -0.25) is 0 Å². The van der Waals surface area contributed by atoms with Crippen LogP contribution in [0.25, 0.3) is 0 Å². The monoisotopic (exact) mass is 1390 g/mol. The van der Waals surface area contributed by atoms with Crippen LogP contribution in [0.4, 0.5) is 0 Å². The molecule has 8 N–H and O–H groups in total. The first-order chi connectivity index (χ1) is 46.4. The van der Waals surface area contributed by atoms with Gasteiger partial charge in [-0.1, -0.05) is 115 Å². The van der Waals surface area contributed by atoms with E-state index in [0.717, 1.165) is 31.3 Å². The van der Waals surface area contributed by atoms with Crippen LogP contribution in [0.2, 0.25) is 0 Å². The van der Waals surface area contributed by atoms with E-state index < -0.39 is 133 Å². The maximum Gasteiger partial charge on any atom is 0.331 e. The molecule has 2 fully saturated rings. The summed E-state index contributed by atoms with van der Waals surface area (Å²) in [6, 6.07) is 0. The first-order valence-electron chi connectivity index (χ1n) is 37.1. The van der Waals surface area contributed by atoms with Crippen LogP contribution in [0, 0.1) is 47.3 Å². The Balaban J connectivity index is 1.37. The smallest absolute Gasteiger partial charge is 0.331 e. The van der Waals surface area contributed by atoms with E-state index in [1.165, 1.54) is 12.2 Å². The first-order valence-corrected chi connectivity index (χ1v) is 37.1. The van der Waals surface area contributed by atoms with Gasteiger partial charge in [-0.25, -0.2) is 9.59 Å². The third-order valence-corrected chi connectivity index (χ3v) is 22.3. The van der Waals surface area contributed by atoms with Crippen molar-refractivity contribution in [3.63, 3.8) is 0 Å². The van der Waals surface area contributed by atoms with Crippen molar-refractivity contribution in [2.45, 2.75) is 333 Å². The van der Waals surface area contributed by atoms with Crippen LogP contribution < -0.4 is 0 Å². The molecular formula is C78H132O20. The summed E-state index contributed by atoms with van der Waals surface area (Å²) in [7, 11) is 6.59. The van der Waals surface area contributed by atoms with Gasteiger partial charge in [0, 0.05) is 102 Å². The van der Waals surface area contributed by atoms with Crippen LogP contribution in [0.15, 0.2) is 71.9 Å². The Morgan fingerprint density at radius 2 is 0.888 bits per heavy atom. The molecule has 98 heavy (non-hydrogen) atoms. The lowest BCUT2D eigenvalue weighted by Gasteiger charge is -2.38. The summed E-state index contributed by atoms with van der Waals surface area (Å²) in [5, 5.41) is 94.1. The Morgan fingerprint density at radius 3 is 1.33 bits per heavy atom. The minimum Gasteiger partial charge on any atom is -0.459 e. The van der Waals surface area contributed by atoms with E-state index in [4.69, 9.17) is 47.4 Å². The summed E-state index contributed by atoms with van der Waals surface area (Å²) in [6.07, 6.45) is 14.3. The van der Waals surface area contributed by atoms with Crippen molar-refractivity contribution in [2.75, 3.05) is 28.4 Å². The summed E-state index contributed by atoms with van der Waals surface area (Å²) < 4.78 is 61.4. The molecule has 0 unspecified atom stereocenters. The summed E-state index contributed by atoms with van der Waals surface area (Å²) in [5.41, 5.74) is 1.41. The number of hydrogen-bond donors (Lipinski definition) is 8. The molecule has 5 rings (SSSR count). The Bertz CT molecular complexity index is 2480. The second-order valence-corrected chi connectivity index (χ2v) is 30.3. The Morgan fingerprint density at radius 1 is 0.469 bits per heavy atom. The molecule has 0 aromatic carbocycles. The molecule has 0 radical (unpaired) electrons. The number of allylic oxidation sites excluding steroid dienone is 4. The number of cyclic esters (lactones) is 2. The topological polar surface area (TPSA) is 288 Å². The number of esters is 2. The van der Waals surface area contributed by atoms with Crippen LogP contribution in [-0.4, -0.2) is 216 Å². The van der Waals surface area contributed by atoms with Crippen molar-refractivity contribution in [1.82, 2.24) is 0 Å². The van der Waals surface area contributed by atoms with E-state index in [2.05, 4.69) is 0 Å². The van der Waals surface area contributed by atoms with Crippen molar-refractivity contribution < 1.29 is 97.8 Å². The normalized spacial score (nSPS) is 42.2. The molecule has 0 aromatic rings. The van der Waals surface area contributed by atoms with Crippen molar-refractivity contribution in [3.05, 3.63) is 71.9 Å². The summed E-state index contributed by atoms with van der Waals surface area (Å²) in [4.78, 5) is 27.8. The number of carbonyl (C=O) groups excluding carboxylic acids is 2. The maximum absolute atomic E-state index is 13.9. The van der Waals surface area contributed by atoms with Gasteiger partial charge in [-0.15, -0.1) is 0 Å². The number of ether oxygens (including phenoxy) is 10. The van der Waals surface area contributed by atoms with E-state index >= 15 is 0 Å². The van der Waals surface area contributed by atoms with Gasteiger partial charge in [0.1, 0.15) is 12.2 Å². The predicted molar refractivity (Wildman–Crippen MR) is 377 cm³/mol. The van der Waals surface area contributed by atoms with Gasteiger partial charge in [0.25, 0.3) is 0 Å². The number of aliphatic hydroxyl groups excluding tert-OH is 8. The van der Waals surface area contributed by atoms with Gasteiger partial charge >= 0.3 is 11.9 Å². The molecule has 564 valence electrons. The molecule has 0 aliphatic carbocycles. The summed E-state index contributed by atoms with van der Waals surface area (Å²) in [6.45, 7) is 22.6. The van der Waals surface area contributed by atoms with Crippen LogP contribution in [-0.2, 0) is 57.0 Å². The van der Waals surface area contributed by atoms with Gasteiger partial charge in [-0.05, 0) is 129 Å². The molecule has 2 saturated heterocycles. The zero-order valence-electron chi connectivity index (χ0n) is 62.3. The molecular weight excluding hydrogens is 1260 g/mol. The average molecular weight is 1390 g/mol. The zero-order valence-corrected chi connectivity index (χ0v) is 62.3. The number of hydrogen-bond acceptors (Lipinski definition) is 20. The molecule has 0 spiro atoms. The van der Waals surface area contributed by atoms with E-state index in [1.807, 2.05) is 106 Å². The van der Waals surface area contributed by atoms with E-state index in [0.29, 0.717) is 63.4 Å². The van der Waals surface area contributed by atoms with Gasteiger partial charge in [0.05, 0.1) is 122 Å². The molecule has 0 saturated carbocycles.